The number of nitrogens with one attached hydrogen (secondary N) is 1. The van der Waals surface area contributed by atoms with Crippen molar-refractivity contribution in [1.29, 1.82) is 0 Å². The summed E-state index contributed by atoms with van der Waals surface area (Å²) >= 11 is 12.9. The molecule has 2 aromatic carbocycles. The van der Waals surface area contributed by atoms with Gasteiger partial charge in [0.2, 0.25) is 5.91 Å². The number of ether oxygens (including phenoxy) is 1. The molecule has 1 N–H and O–H groups in total. The molecule has 1 aromatic heterocycles. The van der Waals surface area contributed by atoms with Gasteiger partial charge in [-0.2, -0.15) is 0 Å². The standard InChI is InChI=1S/C17H14Cl2N2O3S/c18-11-1-4-13(5-2-11)23-8-7-20-16(22)10-25-17-21-14-6-3-12(19)9-15(14)24-17/h1-6,9H,7-8,10H2,(H,20,22). The molecule has 0 unspecified atom stereocenters. The van der Waals surface area contributed by atoms with Crippen LogP contribution in [0.1, 0.15) is 0 Å². The van der Waals surface area contributed by atoms with Crippen LogP contribution in [0.5, 0.6) is 5.75 Å². The van der Waals surface area contributed by atoms with Crippen LogP contribution in [0, 0.1) is 0 Å². The number of aromatic nitrogens is 1. The van der Waals surface area contributed by atoms with E-state index < -0.39 is 0 Å². The molecule has 0 saturated heterocycles. The van der Waals surface area contributed by atoms with Crippen molar-refractivity contribution >= 4 is 52.0 Å². The maximum absolute atomic E-state index is 11.8. The molecular formula is C17H14Cl2N2O3S. The fourth-order valence-electron chi connectivity index (χ4n) is 2.01. The zero-order valence-corrected chi connectivity index (χ0v) is 15.3. The second-order valence-corrected chi connectivity index (χ2v) is 6.83. The summed E-state index contributed by atoms with van der Waals surface area (Å²) in [5.41, 5.74) is 1.32. The lowest BCUT2D eigenvalue weighted by atomic mass is 10.3. The Morgan fingerprint density at radius 1 is 1.16 bits per heavy atom. The highest BCUT2D eigenvalue weighted by molar-refractivity contribution is 7.99. The smallest absolute Gasteiger partial charge is 0.257 e. The third kappa shape index (κ3) is 5.29. The number of hydrogen-bond acceptors (Lipinski definition) is 5. The summed E-state index contributed by atoms with van der Waals surface area (Å²) in [6.07, 6.45) is 0. The van der Waals surface area contributed by atoms with E-state index in [1.54, 1.807) is 42.5 Å². The van der Waals surface area contributed by atoms with Crippen molar-refractivity contribution < 1.29 is 13.9 Å². The number of halogens is 2. The molecule has 0 aliphatic rings. The van der Waals surface area contributed by atoms with Crippen LogP contribution in [0.2, 0.25) is 10.0 Å². The van der Waals surface area contributed by atoms with E-state index in [0.717, 1.165) is 0 Å². The Morgan fingerprint density at radius 2 is 1.92 bits per heavy atom. The molecule has 1 heterocycles. The van der Waals surface area contributed by atoms with E-state index in [0.29, 0.717) is 45.3 Å². The number of amides is 1. The van der Waals surface area contributed by atoms with Crippen LogP contribution in [0.25, 0.3) is 11.1 Å². The van der Waals surface area contributed by atoms with Gasteiger partial charge in [0.05, 0.1) is 12.3 Å². The average molecular weight is 397 g/mol. The number of benzene rings is 2. The van der Waals surface area contributed by atoms with Crippen molar-refractivity contribution in [3.8, 4) is 5.75 Å². The number of oxazole rings is 1. The van der Waals surface area contributed by atoms with Crippen molar-refractivity contribution in [2.75, 3.05) is 18.9 Å². The quantitative estimate of drug-likeness (QED) is 0.472. The van der Waals surface area contributed by atoms with Gasteiger partial charge in [0, 0.05) is 16.1 Å². The van der Waals surface area contributed by atoms with Gasteiger partial charge < -0.3 is 14.5 Å². The predicted octanol–water partition coefficient (Wildman–Crippen LogP) is 4.42. The summed E-state index contributed by atoms with van der Waals surface area (Å²) in [4.78, 5) is 16.1. The monoisotopic (exact) mass is 396 g/mol. The van der Waals surface area contributed by atoms with Crippen LogP contribution in [0.3, 0.4) is 0 Å². The highest BCUT2D eigenvalue weighted by atomic mass is 35.5. The lowest BCUT2D eigenvalue weighted by Crippen LogP contribution is -2.29. The lowest BCUT2D eigenvalue weighted by molar-refractivity contribution is -0.118. The van der Waals surface area contributed by atoms with Crippen molar-refractivity contribution in [2.24, 2.45) is 0 Å². The van der Waals surface area contributed by atoms with Crippen LogP contribution in [-0.2, 0) is 4.79 Å². The SMILES string of the molecule is O=C(CSc1nc2ccc(Cl)cc2o1)NCCOc1ccc(Cl)cc1. The molecule has 0 atom stereocenters. The van der Waals surface area contributed by atoms with Crippen molar-refractivity contribution in [2.45, 2.75) is 5.22 Å². The van der Waals surface area contributed by atoms with Crippen LogP contribution in [0.15, 0.2) is 52.1 Å². The summed E-state index contributed by atoms with van der Waals surface area (Å²) < 4.78 is 11.0. The summed E-state index contributed by atoms with van der Waals surface area (Å²) in [6, 6.07) is 12.3. The van der Waals surface area contributed by atoms with E-state index in [1.807, 2.05) is 0 Å². The van der Waals surface area contributed by atoms with Gasteiger partial charge in [0.1, 0.15) is 17.9 Å². The summed E-state index contributed by atoms with van der Waals surface area (Å²) in [5.74, 6) is 0.796. The predicted molar refractivity (Wildman–Crippen MR) is 99.7 cm³/mol. The summed E-state index contributed by atoms with van der Waals surface area (Å²) in [7, 11) is 0. The Labute approximate surface area is 158 Å². The average Bonchev–Trinajstić information content (AvgIpc) is 3.00. The van der Waals surface area contributed by atoms with Crippen LogP contribution in [-0.4, -0.2) is 29.8 Å². The molecular weight excluding hydrogens is 383 g/mol. The van der Waals surface area contributed by atoms with E-state index in [9.17, 15) is 4.79 Å². The van der Waals surface area contributed by atoms with Gasteiger partial charge in [-0.1, -0.05) is 35.0 Å². The van der Waals surface area contributed by atoms with Gasteiger partial charge in [-0.05, 0) is 36.4 Å². The van der Waals surface area contributed by atoms with Crippen molar-refractivity contribution in [3.63, 3.8) is 0 Å². The molecule has 0 aliphatic heterocycles. The van der Waals surface area contributed by atoms with Gasteiger partial charge in [0.15, 0.2) is 5.58 Å². The Morgan fingerprint density at radius 3 is 2.72 bits per heavy atom. The normalized spacial score (nSPS) is 10.8. The third-order valence-corrected chi connectivity index (χ3v) is 4.48. The molecule has 0 bridgehead atoms. The Hall–Kier alpha value is -1.89. The molecule has 5 nitrogen and oxygen atoms in total. The first-order valence-corrected chi connectivity index (χ1v) is 9.18. The van der Waals surface area contributed by atoms with Crippen LogP contribution in [0.4, 0.5) is 0 Å². The Kier molecular flexibility index (Phi) is 6.07. The highest BCUT2D eigenvalue weighted by Crippen LogP contribution is 2.25. The molecule has 3 aromatic rings. The minimum absolute atomic E-state index is 0.120. The van der Waals surface area contributed by atoms with Gasteiger partial charge in [0.25, 0.3) is 5.22 Å². The van der Waals surface area contributed by atoms with E-state index in [4.69, 9.17) is 32.4 Å². The molecule has 0 aliphatic carbocycles. The molecule has 0 spiro atoms. The minimum atomic E-state index is -0.120. The van der Waals surface area contributed by atoms with Gasteiger partial charge in [-0.3, -0.25) is 4.79 Å². The number of thioether (sulfide) groups is 1. The van der Waals surface area contributed by atoms with E-state index >= 15 is 0 Å². The van der Waals surface area contributed by atoms with Gasteiger partial charge in [-0.25, -0.2) is 4.98 Å². The summed E-state index contributed by atoms with van der Waals surface area (Å²) in [5, 5.41) is 4.45. The van der Waals surface area contributed by atoms with E-state index in [2.05, 4.69) is 10.3 Å². The second-order valence-electron chi connectivity index (χ2n) is 5.03. The maximum atomic E-state index is 11.8. The fraction of sp³-hybridized carbons (Fsp3) is 0.176. The number of hydrogen-bond donors (Lipinski definition) is 1. The number of rotatable bonds is 7. The molecule has 1 amide bonds. The Bertz CT molecular complexity index is 868. The first kappa shape index (κ1) is 17.9. The fourth-order valence-corrected chi connectivity index (χ4v) is 2.96. The molecule has 0 saturated carbocycles. The summed E-state index contributed by atoms with van der Waals surface area (Å²) in [6.45, 7) is 0.782. The van der Waals surface area contributed by atoms with Gasteiger partial charge >= 0.3 is 0 Å². The van der Waals surface area contributed by atoms with E-state index in [1.165, 1.54) is 11.8 Å². The molecule has 25 heavy (non-hydrogen) atoms. The molecule has 0 radical (unpaired) electrons. The second kappa shape index (κ2) is 8.47. The zero-order valence-electron chi connectivity index (χ0n) is 13.0. The molecule has 130 valence electrons. The molecule has 3 rings (SSSR count). The zero-order chi connectivity index (χ0) is 17.6. The first-order valence-electron chi connectivity index (χ1n) is 7.44. The van der Waals surface area contributed by atoms with E-state index in [-0.39, 0.29) is 11.7 Å². The van der Waals surface area contributed by atoms with Crippen molar-refractivity contribution in [1.82, 2.24) is 10.3 Å². The number of carbonyl (C=O) groups is 1. The topological polar surface area (TPSA) is 64.4 Å². The largest absolute Gasteiger partial charge is 0.492 e. The molecule has 0 fully saturated rings. The number of nitrogens with zero attached hydrogens (tertiary/aromatic N) is 1. The van der Waals surface area contributed by atoms with Gasteiger partial charge in [-0.15, -0.1) is 0 Å². The molecule has 8 heteroatoms. The third-order valence-electron chi connectivity index (χ3n) is 3.16. The maximum Gasteiger partial charge on any atom is 0.257 e. The lowest BCUT2D eigenvalue weighted by Gasteiger charge is -2.07. The minimum Gasteiger partial charge on any atom is -0.492 e. The Balaban J connectivity index is 1.39. The first-order chi connectivity index (χ1) is 12.1. The van der Waals surface area contributed by atoms with Crippen LogP contribution >= 0.6 is 35.0 Å². The van der Waals surface area contributed by atoms with Crippen LogP contribution < -0.4 is 10.1 Å². The van der Waals surface area contributed by atoms with Crippen molar-refractivity contribution in [3.05, 3.63) is 52.5 Å². The number of carbonyl (C=O) groups excluding carboxylic acids is 1. The number of fused-ring (bicyclic) bond motifs is 1. The highest BCUT2D eigenvalue weighted by Gasteiger charge is 2.09.